The fraction of sp³-hybridized carbons (Fsp3) is 0.375. The predicted octanol–water partition coefficient (Wildman–Crippen LogP) is 4.26. The summed E-state index contributed by atoms with van der Waals surface area (Å²) in [4.78, 5) is 36.4. The number of hydrogen-bond donors (Lipinski definition) is 0. The third-order valence-corrected chi connectivity index (χ3v) is 5.51. The Labute approximate surface area is 190 Å². The van der Waals surface area contributed by atoms with Gasteiger partial charge in [-0.05, 0) is 25.0 Å². The van der Waals surface area contributed by atoms with Gasteiger partial charge >= 0.3 is 12.2 Å². The predicted molar refractivity (Wildman–Crippen MR) is 116 cm³/mol. The van der Waals surface area contributed by atoms with Crippen molar-refractivity contribution >= 4 is 18.5 Å². The molecule has 0 unspecified atom stereocenters. The van der Waals surface area contributed by atoms with E-state index < -0.39 is 36.8 Å². The van der Waals surface area contributed by atoms with Crippen LogP contribution in [-0.2, 0) is 27.4 Å². The van der Waals surface area contributed by atoms with Crippen LogP contribution in [0.25, 0.3) is 0 Å². The molecule has 9 heteroatoms. The lowest BCUT2D eigenvalue weighted by Gasteiger charge is -2.22. The number of amides is 2. The van der Waals surface area contributed by atoms with Gasteiger partial charge in [-0.25, -0.2) is 18.4 Å². The van der Waals surface area contributed by atoms with Gasteiger partial charge in [-0.15, -0.1) is 0 Å². The molecule has 176 valence electrons. The van der Waals surface area contributed by atoms with Gasteiger partial charge in [-0.1, -0.05) is 60.7 Å². The van der Waals surface area contributed by atoms with Gasteiger partial charge in [0.1, 0.15) is 30.6 Å². The van der Waals surface area contributed by atoms with Gasteiger partial charge in [0, 0.05) is 13.1 Å². The summed E-state index contributed by atoms with van der Waals surface area (Å²) in [5.41, 5.74) is 1.80. The van der Waals surface area contributed by atoms with E-state index in [2.05, 4.69) is 0 Å². The highest BCUT2D eigenvalue weighted by Gasteiger charge is 2.44. The molecule has 0 N–H and O–H groups in total. The van der Waals surface area contributed by atoms with Crippen LogP contribution in [0.5, 0.6) is 0 Å². The Bertz CT molecular complexity index is 944. The highest BCUT2D eigenvalue weighted by Crippen LogP contribution is 2.26. The van der Waals surface area contributed by atoms with Crippen molar-refractivity contribution in [1.29, 1.82) is 0 Å². The monoisotopic (exact) mass is 460 g/mol. The summed E-state index contributed by atoms with van der Waals surface area (Å²) in [5.74, 6) is 0. The van der Waals surface area contributed by atoms with Crippen molar-refractivity contribution in [2.24, 2.45) is 0 Å². The molecule has 2 aromatic rings. The molecule has 2 amide bonds. The van der Waals surface area contributed by atoms with Gasteiger partial charge in [-0.3, -0.25) is 9.80 Å². The Morgan fingerprint density at radius 1 is 0.818 bits per heavy atom. The van der Waals surface area contributed by atoms with Crippen LogP contribution in [0.15, 0.2) is 60.7 Å². The lowest BCUT2D eigenvalue weighted by Crippen LogP contribution is -2.40. The van der Waals surface area contributed by atoms with Crippen molar-refractivity contribution in [3.63, 3.8) is 0 Å². The van der Waals surface area contributed by atoms with Gasteiger partial charge < -0.3 is 14.3 Å². The lowest BCUT2D eigenvalue weighted by molar-refractivity contribution is -0.112. The molecule has 2 aromatic carbocycles. The molecule has 2 aliphatic rings. The number of cyclic esters (lactones) is 2. The molecule has 0 spiro atoms. The van der Waals surface area contributed by atoms with Gasteiger partial charge in [0.05, 0.1) is 0 Å². The van der Waals surface area contributed by atoms with E-state index in [9.17, 15) is 23.2 Å². The zero-order chi connectivity index (χ0) is 24.0. The van der Waals surface area contributed by atoms with Crippen molar-refractivity contribution < 1.29 is 32.6 Å². The minimum absolute atomic E-state index is 0.152. The molecule has 0 bridgehead atoms. The van der Waals surface area contributed by atoms with Crippen LogP contribution < -0.4 is 0 Å². The largest absolute Gasteiger partial charge is 0.444 e. The molecule has 2 fully saturated rings. The fourth-order valence-electron chi connectivity index (χ4n) is 3.77. The second-order valence-electron chi connectivity index (χ2n) is 7.86. The minimum atomic E-state index is -2.60. The highest BCUT2D eigenvalue weighted by molar-refractivity contribution is 5.77. The summed E-state index contributed by atoms with van der Waals surface area (Å²) in [6.07, 6.45) is -4.07. The van der Waals surface area contributed by atoms with Crippen LogP contribution >= 0.6 is 0 Å². The molecule has 7 nitrogen and oxygen atoms in total. The molecule has 2 saturated heterocycles. The van der Waals surface area contributed by atoms with E-state index >= 15 is 0 Å². The lowest BCUT2D eigenvalue weighted by atomic mass is 10.1. The maximum absolute atomic E-state index is 12.8. The molecular formula is C24H26F2N2O5. The van der Waals surface area contributed by atoms with Crippen LogP contribution in [0.1, 0.15) is 25.0 Å². The van der Waals surface area contributed by atoms with Crippen molar-refractivity contribution in [1.82, 2.24) is 9.80 Å². The molecule has 4 rings (SSSR count). The number of hydrogen-bond acceptors (Lipinski definition) is 5. The Morgan fingerprint density at radius 3 is 1.76 bits per heavy atom. The van der Waals surface area contributed by atoms with E-state index in [1.165, 1.54) is 11.8 Å². The van der Waals surface area contributed by atoms with Crippen LogP contribution in [0.3, 0.4) is 0 Å². The Kier molecular flexibility index (Phi) is 7.97. The van der Waals surface area contributed by atoms with E-state index in [4.69, 9.17) is 9.47 Å². The van der Waals surface area contributed by atoms with Crippen molar-refractivity contribution in [3.8, 4) is 0 Å². The average molecular weight is 460 g/mol. The molecule has 0 aliphatic carbocycles. The minimum Gasteiger partial charge on any atom is -0.444 e. The van der Waals surface area contributed by atoms with Crippen LogP contribution in [0.4, 0.5) is 18.4 Å². The number of aldehydes is 1. The van der Waals surface area contributed by atoms with E-state index in [0.717, 1.165) is 22.3 Å². The number of benzene rings is 2. The molecule has 4 atom stereocenters. The Morgan fingerprint density at radius 2 is 1.27 bits per heavy atom. The van der Waals surface area contributed by atoms with Crippen molar-refractivity contribution in [3.05, 3.63) is 71.8 Å². The molecule has 0 radical (unpaired) electrons. The normalized spacial score (nSPS) is 24.3. The average Bonchev–Trinajstić information content (AvgIpc) is 3.23. The first-order valence-corrected chi connectivity index (χ1v) is 10.6. The summed E-state index contributed by atoms with van der Waals surface area (Å²) in [5, 5.41) is 0. The first kappa shape index (κ1) is 24.2. The molecule has 0 saturated carbocycles. The number of alkyl halides is 2. The van der Waals surface area contributed by atoms with E-state index in [-0.39, 0.29) is 12.6 Å². The highest BCUT2D eigenvalue weighted by atomic mass is 19.3. The number of halogens is 2. The Balaban J connectivity index is 0.000000186. The van der Waals surface area contributed by atoms with Crippen molar-refractivity contribution in [2.75, 3.05) is 0 Å². The summed E-state index contributed by atoms with van der Waals surface area (Å²) in [7, 11) is 0. The SMILES string of the molecule is C[C@H]1OC(=O)N(Cc2ccccc2)[C@@H]1C(F)F.C[C@H]1OC(=O)N(Cc2ccccc2)[C@@H]1C=O. The summed E-state index contributed by atoms with van der Waals surface area (Å²) < 4.78 is 35.5. The summed E-state index contributed by atoms with van der Waals surface area (Å²) in [6.45, 7) is 3.77. The zero-order valence-electron chi connectivity index (χ0n) is 18.3. The first-order valence-electron chi connectivity index (χ1n) is 10.6. The van der Waals surface area contributed by atoms with Crippen LogP contribution in [0, 0.1) is 0 Å². The molecular weight excluding hydrogens is 434 g/mol. The topological polar surface area (TPSA) is 76.2 Å². The van der Waals surface area contributed by atoms with Crippen LogP contribution in [-0.4, -0.2) is 59.0 Å². The van der Waals surface area contributed by atoms with E-state index in [1.807, 2.05) is 36.4 Å². The van der Waals surface area contributed by atoms with Crippen LogP contribution in [0.2, 0.25) is 0 Å². The van der Waals surface area contributed by atoms with E-state index in [0.29, 0.717) is 6.54 Å². The Hall–Kier alpha value is -3.49. The van der Waals surface area contributed by atoms with Gasteiger partial charge in [0.2, 0.25) is 0 Å². The van der Waals surface area contributed by atoms with Gasteiger partial charge in [0.25, 0.3) is 6.43 Å². The third kappa shape index (κ3) is 5.85. The number of ether oxygens (including phenoxy) is 2. The number of carbonyl (C=O) groups excluding carboxylic acids is 3. The number of nitrogens with zero attached hydrogens (tertiary/aromatic N) is 2. The molecule has 33 heavy (non-hydrogen) atoms. The fourth-order valence-corrected chi connectivity index (χ4v) is 3.77. The second-order valence-corrected chi connectivity index (χ2v) is 7.86. The first-order chi connectivity index (χ1) is 15.8. The molecule has 0 aromatic heterocycles. The van der Waals surface area contributed by atoms with Crippen molar-refractivity contribution in [2.45, 2.75) is 57.7 Å². The quantitative estimate of drug-likeness (QED) is 0.603. The smallest absolute Gasteiger partial charge is 0.411 e. The zero-order valence-corrected chi connectivity index (χ0v) is 18.3. The number of rotatable bonds is 6. The summed E-state index contributed by atoms with van der Waals surface area (Å²) >= 11 is 0. The standard InChI is InChI=1S/C12H13F2NO2.C12H13NO3/c1-8-10(11(13)14)15(12(16)17-8)7-9-5-3-2-4-6-9;1-9-11(8-14)13(12(15)16-9)7-10-5-3-2-4-6-10/h2-6,8,10-11H,7H2,1H3;2-6,8-9,11H,7H2,1H3/t8-,10+;9-,11-/m11/s1. The van der Waals surface area contributed by atoms with E-state index in [1.54, 1.807) is 31.2 Å². The molecule has 2 aliphatic heterocycles. The summed E-state index contributed by atoms with van der Waals surface area (Å²) in [6, 6.07) is 16.9. The van der Waals surface area contributed by atoms with Gasteiger partial charge in [0.15, 0.2) is 0 Å². The maximum atomic E-state index is 12.8. The molecule has 2 heterocycles. The number of carbonyl (C=O) groups is 3. The van der Waals surface area contributed by atoms with Gasteiger partial charge in [-0.2, -0.15) is 0 Å². The maximum Gasteiger partial charge on any atom is 0.411 e. The second kappa shape index (κ2) is 10.9. The third-order valence-electron chi connectivity index (χ3n) is 5.51.